The van der Waals surface area contributed by atoms with E-state index in [4.69, 9.17) is 4.74 Å². The number of amides is 1. The van der Waals surface area contributed by atoms with Gasteiger partial charge in [0.05, 0.1) is 25.2 Å². The predicted molar refractivity (Wildman–Crippen MR) is 236 cm³/mol. The van der Waals surface area contributed by atoms with E-state index in [0.29, 0.717) is 19.3 Å². The van der Waals surface area contributed by atoms with Crippen molar-refractivity contribution in [2.24, 2.45) is 0 Å². The molecule has 0 spiro atoms. The Kier molecular flexibility index (Phi) is 41.2. The van der Waals surface area contributed by atoms with Crippen LogP contribution in [-0.2, 0) is 14.3 Å². The van der Waals surface area contributed by atoms with Gasteiger partial charge in [0.1, 0.15) is 6.10 Å². The Hall–Kier alpha value is -2.18. The molecule has 0 heterocycles. The molecule has 0 bridgehead atoms. The molecule has 55 heavy (non-hydrogen) atoms. The lowest BCUT2D eigenvalue weighted by atomic mass is 10.0. The first-order valence-electron chi connectivity index (χ1n) is 23.4. The summed E-state index contributed by atoms with van der Waals surface area (Å²) in [6, 6.07) is -0.708. The number of aliphatic hydroxyl groups is 2. The van der Waals surface area contributed by atoms with Gasteiger partial charge in [-0.1, -0.05) is 198 Å². The van der Waals surface area contributed by atoms with Gasteiger partial charge in [-0.2, -0.15) is 0 Å². The normalized spacial score (nSPS) is 13.8. The van der Waals surface area contributed by atoms with Crippen molar-refractivity contribution in [1.29, 1.82) is 0 Å². The molecule has 0 aromatic heterocycles. The Morgan fingerprint density at radius 1 is 0.545 bits per heavy atom. The fourth-order valence-electron chi connectivity index (χ4n) is 6.90. The molecule has 3 unspecified atom stereocenters. The number of aliphatic hydroxyl groups excluding tert-OH is 2. The maximum atomic E-state index is 13.1. The molecule has 1 amide bonds. The second-order valence-corrected chi connectivity index (χ2v) is 15.8. The Balaban J connectivity index is 4.60. The number of hydrogen-bond acceptors (Lipinski definition) is 5. The number of allylic oxidation sites excluding steroid dienone is 8. The summed E-state index contributed by atoms with van der Waals surface area (Å²) in [6.45, 7) is 6.27. The van der Waals surface area contributed by atoms with E-state index in [0.717, 1.165) is 96.3 Å². The van der Waals surface area contributed by atoms with Crippen LogP contribution in [0.15, 0.2) is 48.6 Å². The van der Waals surface area contributed by atoms with Gasteiger partial charge >= 0.3 is 5.97 Å². The summed E-state index contributed by atoms with van der Waals surface area (Å²) >= 11 is 0. The van der Waals surface area contributed by atoms with Crippen molar-refractivity contribution < 1.29 is 24.5 Å². The largest absolute Gasteiger partial charge is 0.462 e. The Morgan fingerprint density at radius 2 is 1.04 bits per heavy atom. The summed E-state index contributed by atoms with van der Waals surface area (Å²) in [4.78, 5) is 26.0. The standard InChI is InChI=1S/C49H89NO5/c1-4-7-10-13-16-19-22-24-26-28-31-34-37-40-45(55-49(54)42-39-36-33-30-21-18-15-12-9-6-3)43-48(53)50-46(44-51)47(52)41-38-35-32-29-27-25-23-20-17-14-11-8-5-2/h7,10,12-13,15-16,19,22,45-47,51-52H,4-6,8-9,11,14,17-18,20-21,23-44H2,1-3H3,(H,50,53)/b10-7+,15-12-,16-13+,22-19+. The highest BCUT2D eigenvalue weighted by molar-refractivity contribution is 5.77. The van der Waals surface area contributed by atoms with E-state index in [1.165, 1.54) is 83.5 Å². The number of ether oxygens (including phenoxy) is 1. The molecule has 0 aromatic rings. The summed E-state index contributed by atoms with van der Waals surface area (Å²) < 4.78 is 5.89. The van der Waals surface area contributed by atoms with Crippen molar-refractivity contribution in [3.05, 3.63) is 48.6 Å². The van der Waals surface area contributed by atoms with Crippen LogP contribution in [0.25, 0.3) is 0 Å². The SMILES string of the molecule is CC/C=C/C=C/C=C/CCCCCCCC(CC(=O)NC(CO)C(O)CCCCCCCCCCCCCCC)OC(=O)CCCCCCC/C=C\CCC. The maximum Gasteiger partial charge on any atom is 0.306 e. The van der Waals surface area contributed by atoms with Crippen LogP contribution in [0.2, 0.25) is 0 Å². The number of rotatable bonds is 41. The summed E-state index contributed by atoms with van der Waals surface area (Å²) in [5.41, 5.74) is 0. The third kappa shape index (κ3) is 38.5. The quantitative estimate of drug-likeness (QED) is 0.0249. The van der Waals surface area contributed by atoms with Crippen LogP contribution in [0, 0.1) is 0 Å². The zero-order valence-corrected chi connectivity index (χ0v) is 36.3. The number of unbranched alkanes of at least 4 members (excludes halogenated alkanes) is 23. The highest BCUT2D eigenvalue weighted by Crippen LogP contribution is 2.17. The number of esters is 1. The first-order chi connectivity index (χ1) is 27.0. The molecule has 320 valence electrons. The Labute approximate surface area is 340 Å². The van der Waals surface area contributed by atoms with Crippen molar-refractivity contribution in [2.75, 3.05) is 6.61 Å². The van der Waals surface area contributed by atoms with Crippen LogP contribution in [0.4, 0.5) is 0 Å². The fourth-order valence-corrected chi connectivity index (χ4v) is 6.90. The second-order valence-electron chi connectivity index (χ2n) is 15.8. The summed E-state index contributed by atoms with van der Waals surface area (Å²) in [5.74, 6) is -0.507. The van der Waals surface area contributed by atoms with Crippen LogP contribution in [0.1, 0.15) is 226 Å². The minimum atomic E-state index is -0.793. The van der Waals surface area contributed by atoms with Crippen molar-refractivity contribution >= 4 is 11.9 Å². The fraction of sp³-hybridized carbons (Fsp3) is 0.796. The third-order valence-electron chi connectivity index (χ3n) is 10.4. The van der Waals surface area contributed by atoms with Crippen molar-refractivity contribution in [2.45, 2.75) is 244 Å². The van der Waals surface area contributed by atoms with E-state index < -0.39 is 18.2 Å². The van der Waals surface area contributed by atoms with Crippen molar-refractivity contribution in [1.82, 2.24) is 5.32 Å². The van der Waals surface area contributed by atoms with E-state index in [1.54, 1.807) is 0 Å². The average Bonchev–Trinajstić information content (AvgIpc) is 3.18. The molecule has 6 heteroatoms. The molecule has 0 saturated carbocycles. The molecule has 0 aliphatic carbocycles. The lowest BCUT2D eigenvalue weighted by molar-refractivity contribution is -0.151. The summed E-state index contributed by atoms with van der Waals surface area (Å²) in [6.07, 6.45) is 50.3. The minimum absolute atomic E-state index is 0.0605. The van der Waals surface area contributed by atoms with Gasteiger partial charge in [-0.3, -0.25) is 9.59 Å². The van der Waals surface area contributed by atoms with Crippen LogP contribution >= 0.6 is 0 Å². The molecule has 0 saturated heterocycles. The second kappa shape index (κ2) is 43.0. The van der Waals surface area contributed by atoms with Gasteiger partial charge in [-0.05, 0) is 64.2 Å². The zero-order valence-electron chi connectivity index (χ0n) is 36.3. The van der Waals surface area contributed by atoms with E-state index in [2.05, 4.69) is 74.7 Å². The van der Waals surface area contributed by atoms with E-state index in [-0.39, 0.29) is 24.9 Å². The molecule has 0 aromatic carbocycles. The predicted octanol–water partition coefficient (Wildman–Crippen LogP) is 13.5. The Morgan fingerprint density at radius 3 is 1.60 bits per heavy atom. The minimum Gasteiger partial charge on any atom is -0.462 e. The zero-order chi connectivity index (χ0) is 40.3. The number of nitrogens with one attached hydrogen (secondary N) is 1. The molecule has 0 rings (SSSR count). The van der Waals surface area contributed by atoms with Gasteiger partial charge in [0.25, 0.3) is 0 Å². The first-order valence-corrected chi connectivity index (χ1v) is 23.4. The van der Waals surface area contributed by atoms with Crippen molar-refractivity contribution in [3.63, 3.8) is 0 Å². The third-order valence-corrected chi connectivity index (χ3v) is 10.4. The molecule has 0 aliphatic rings. The first kappa shape index (κ1) is 52.8. The molecule has 6 nitrogen and oxygen atoms in total. The van der Waals surface area contributed by atoms with Gasteiger partial charge in [0.15, 0.2) is 0 Å². The molecular weight excluding hydrogens is 683 g/mol. The lowest BCUT2D eigenvalue weighted by Gasteiger charge is -2.24. The van der Waals surface area contributed by atoms with Crippen molar-refractivity contribution in [3.8, 4) is 0 Å². The van der Waals surface area contributed by atoms with Gasteiger partial charge < -0.3 is 20.3 Å². The highest BCUT2D eigenvalue weighted by atomic mass is 16.5. The average molecular weight is 772 g/mol. The van der Waals surface area contributed by atoms with Gasteiger partial charge in [-0.15, -0.1) is 0 Å². The van der Waals surface area contributed by atoms with Crippen LogP contribution in [0.5, 0.6) is 0 Å². The van der Waals surface area contributed by atoms with Gasteiger partial charge in [0, 0.05) is 6.42 Å². The monoisotopic (exact) mass is 772 g/mol. The highest BCUT2D eigenvalue weighted by Gasteiger charge is 2.24. The topological polar surface area (TPSA) is 95.9 Å². The molecule has 0 radical (unpaired) electrons. The van der Waals surface area contributed by atoms with Crippen LogP contribution in [0.3, 0.4) is 0 Å². The van der Waals surface area contributed by atoms with E-state index in [9.17, 15) is 19.8 Å². The van der Waals surface area contributed by atoms with Gasteiger partial charge in [0.2, 0.25) is 5.91 Å². The Bertz CT molecular complexity index is 957. The summed E-state index contributed by atoms with van der Waals surface area (Å²) in [7, 11) is 0. The van der Waals surface area contributed by atoms with Crippen LogP contribution in [-0.4, -0.2) is 46.9 Å². The van der Waals surface area contributed by atoms with E-state index in [1.807, 2.05) is 0 Å². The number of hydrogen-bond donors (Lipinski definition) is 3. The number of carbonyl (C=O) groups is 2. The molecule has 0 fully saturated rings. The molecule has 0 aliphatic heterocycles. The van der Waals surface area contributed by atoms with Crippen LogP contribution < -0.4 is 5.32 Å². The molecule has 3 N–H and O–H groups in total. The maximum absolute atomic E-state index is 13.1. The molecule has 3 atom stereocenters. The smallest absolute Gasteiger partial charge is 0.306 e. The summed E-state index contributed by atoms with van der Waals surface area (Å²) in [5, 5.41) is 23.7. The van der Waals surface area contributed by atoms with Gasteiger partial charge in [-0.25, -0.2) is 0 Å². The number of carbonyl (C=O) groups excluding carboxylic acids is 2. The lowest BCUT2D eigenvalue weighted by Crippen LogP contribution is -2.46. The molecular formula is C49H89NO5. The van der Waals surface area contributed by atoms with E-state index >= 15 is 0 Å².